The molecule has 0 spiro atoms. The second-order valence-electron chi connectivity index (χ2n) is 4.72. The standard InChI is InChI=1S/C14H20N2OS/c1-11-10-13(17-2)8-9-16(11)14(18)15-12-6-4-3-5-7-12/h3-7,11,13H,8-10H2,1-2H3,(H,15,18). The number of hydrogen-bond donors (Lipinski definition) is 1. The van der Waals surface area contributed by atoms with Crippen molar-refractivity contribution >= 4 is 23.0 Å². The molecule has 3 nitrogen and oxygen atoms in total. The molecule has 0 aromatic heterocycles. The minimum atomic E-state index is 0.371. The molecule has 1 aliphatic heterocycles. The zero-order chi connectivity index (χ0) is 13.0. The maximum absolute atomic E-state index is 5.48. The first-order valence-electron chi connectivity index (χ1n) is 6.36. The van der Waals surface area contributed by atoms with Gasteiger partial charge < -0.3 is 15.0 Å². The average molecular weight is 264 g/mol. The number of ether oxygens (including phenoxy) is 1. The van der Waals surface area contributed by atoms with Crippen LogP contribution >= 0.6 is 12.2 Å². The summed E-state index contributed by atoms with van der Waals surface area (Å²) < 4.78 is 5.42. The fourth-order valence-corrected chi connectivity index (χ4v) is 2.75. The molecule has 1 N–H and O–H groups in total. The second-order valence-corrected chi connectivity index (χ2v) is 5.11. The Bertz CT molecular complexity index is 396. The Morgan fingerprint density at radius 2 is 2.11 bits per heavy atom. The molecule has 1 aromatic carbocycles. The zero-order valence-corrected chi connectivity index (χ0v) is 11.7. The van der Waals surface area contributed by atoms with E-state index in [0.717, 1.165) is 30.2 Å². The third-order valence-corrected chi connectivity index (χ3v) is 3.78. The van der Waals surface area contributed by atoms with Crippen molar-refractivity contribution in [2.75, 3.05) is 19.0 Å². The molecule has 98 valence electrons. The fourth-order valence-electron chi connectivity index (χ4n) is 2.36. The van der Waals surface area contributed by atoms with E-state index in [1.165, 1.54) is 0 Å². The van der Waals surface area contributed by atoms with Gasteiger partial charge in [0.05, 0.1) is 6.10 Å². The Hall–Kier alpha value is -1.13. The van der Waals surface area contributed by atoms with E-state index in [1.54, 1.807) is 7.11 Å². The number of methoxy groups -OCH3 is 1. The number of rotatable bonds is 2. The molecule has 0 aliphatic carbocycles. The van der Waals surface area contributed by atoms with Crippen LogP contribution in [0.1, 0.15) is 19.8 Å². The first kappa shape index (κ1) is 13.3. The van der Waals surface area contributed by atoms with Gasteiger partial charge in [0.1, 0.15) is 0 Å². The minimum Gasteiger partial charge on any atom is -0.381 e. The van der Waals surface area contributed by atoms with E-state index in [9.17, 15) is 0 Å². The molecule has 1 saturated heterocycles. The number of likely N-dealkylation sites (tertiary alicyclic amines) is 1. The highest BCUT2D eigenvalue weighted by Crippen LogP contribution is 2.20. The SMILES string of the molecule is COC1CCN(C(=S)Nc2ccccc2)C(C)C1. The van der Waals surface area contributed by atoms with E-state index in [0.29, 0.717) is 12.1 Å². The van der Waals surface area contributed by atoms with Crippen LogP contribution < -0.4 is 5.32 Å². The lowest BCUT2D eigenvalue weighted by Gasteiger charge is -2.38. The quantitative estimate of drug-likeness (QED) is 0.830. The first-order chi connectivity index (χ1) is 8.70. The number of nitrogens with zero attached hydrogens (tertiary/aromatic N) is 1. The molecule has 1 aromatic rings. The molecular weight excluding hydrogens is 244 g/mol. The van der Waals surface area contributed by atoms with Crippen molar-refractivity contribution < 1.29 is 4.74 Å². The largest absolute Gasteiger partial charge is 0.381 e. The van der Waals surface area contributed by atoms with Crippen LogP contribution in [0, 0.1) is 0 Å². The first-order valence-corrected chi connectivity index (χ1v) is 6.77. The Balaban J connectivity index is 1.94. The summed E-state index contributed by atoms with van der Waals surface area (Å²) in [6, 6.07) is 10.5. The van der Waals surface area contributed by atoms with Crippen molar-refractivity contribution in [3.63, 3.8) is 0 Å². The summed E-state index contributed by atoms with van der Waals surface area (Å²) >= 11 is 5.48. The van der Waals surface area contributed by atoms with E-state index in [-0.39, 0.29) is 0 Å². The summed E-state index contributed by atoms with van der Waals surface area (Å²) in [5, 5.41) is 4.10. The van der Waals surface area contributed by atoms with E-state index < -0.39 is 0 Å². The Morgan fingerprint density at radius 3 is 2.72 bits per heavy atom. The lowest BCUT2D eigenvalue weighted by molar-refractivity contribution is 0.0392. The van der Waals surface area contributed by atoms with E-state index >= 15 is 0 Å². The molecule has 0 radical (unpaired) electrons. The predicted octanol–water partition coefficient (Wildman–Crippen LogP) is 2.88. The van der Waals surface area contributed by atoms with Gasteiger partial charge in [0.15, 0.2) is 5.11 Å². The number of benzene rings is 1. The number of thiocarbonyl (C=S) groups is 1. The van der Waals surface area contributed by atoms with Gasteiger partial charge in [-0.05, 0) is 44.1 Å². The molecule has 1 fully saturated rings. The number of hydrogen-bond acceptors (Lipinski definition) is 2. The van der Waals surface area contributed by atoms with Gasteiger partial charge in [-0.15, -0.1) is 0 Å². The monoisotopic (exact) mass is 264 g/mol. The maximum atomic E-state index is 5.48. The fraction of sp³-hybridized carbons (Fsp3) is 0.500. The van der Waals surface area contributed by atoms with E-state index in [4.69, 9.17) is 17.0 Å². The van der Waals surface area contributed by atoms with Gasteiger partial charge in [0.2, 0.25) is 0 Å². The Morgan fingerprint density at radius 1 is 1.39 bits per heavy atom. The molecule has 0 saturated carbocycles. The van der Waals surface area contributed by atoms with Crippen molar-refractivity contribution in [1.82, 2.24) is 4.90 Å². The summed E-state index contributed by atoms with van der Waals surface area (Å²) in [7, 11) is 1.79. The highest BCUT2D eigenvalue weighted by molar-refractivity contribution is 7.80. The van der Waals surface area contributed by atoms with Gasteiger partial charge in [-0.2, -0.15) is 0 Å². The Kier molecular flexibility index (Phi) is 4.55. The Labute approximate surface area is 114 Å². The van der Waals surface area contributed by atoms with Crippen LogP contribution in [0.2, 0.25) is 0 Å². The van der Waals surface area contributed by atoms with Gasteiger partial charge in [-0.25, -0.2) is 0 Å². The molecule has 4 heteroatoms. The van der Waals surface area contributed by atoms with Crippen LogP contribution in [0.25, 0.3) is 0 Å². The smallest absolute Gasteiger partial charge is 0.173 e. The number of piperidine rings is 1. The third-order valence-electron chi connectivity index (χ3n) is 3.45. The van der Waals surface area contributed by atoms with Crippen LogP contribution in [0.4, 0.5) is 5.69 Å². The lowest BCUT2D eigenvalue weighted by Crippen LogP contribution is -2.48. The van der Waals surface area contributed by atoms with Gasteiger partial charge in [0.25, 0.3) is 0 Å². The highest BCUT2D eigenvalue weighted by atomic mass is 32.1. The van der Waals surface area contributed by atoms with E-state index in [1.807, 2.05) is 30.3 Å². The van der Waals surface area contributed by atoms with E-state index in [2.05, 4.69) is 17.1 Å². The molecule has 18 heavy (non-hydrogen) atoms. The van der Waals surface area contributed by atoms with Gasteiger partial charge >= 0.3 is 0 Å². The topological polar surface area (TPSA) is 24.5 Å². The molecule has 1 heterocycles. The molecule has 2 atom stereocenters. The average Bonchev–Trinajstić information content (AvgIpc) is 2.39. The zero-order valence-electron chi connectivity index (χ0n) is 10.9. The van der Waals surface area contributed by atoms with Gasteiger partial charge in [-0.1, -0.05) is 18.2 Å². The summed E-state index contributed by atoms with van der Waals surface area (Å²) in [5.74, 6) is 0. The molecular formula is C14H20N2OS. The lowest BCUT2D eigenvalue weighted by atomic mass is 10.0. The second kappa shape index (κ2) is 6.16. The summed E-state index contributed by atoms with van der Waals surface area (Å²) in [6.45, 7) is 3.16. The molecule has 1 aliphatic rings. The van der Waals surface area contributed by atoms with Crippen LogP contribution in [0.5, 0.6) is 0 Å². The maximum Gasteiger partial charge on any atom is 0.173 e. The van der Waals surface area contributed by atoms with Crippen molar-refractivity contribution in [3.05, 3.63) is 30.3 Å². The van der Waals surface area contributed by atoms with Crippen LogP contribution in [-0.2, 0) is 4.74 Å². The predicted molar refractivity (Wildman–Crippen MR) is 78.9 cm³/mol. The highest BCUT2D eigenvalue weighted by Gasteiger charge is 2.26. The van der Waals surface area contributed by atoms with Crippen molar-refractivity contribution in [1.29, 1.82) is 0 Å². The number of nitrogens with one attached hydrogen (secondary N) is 1. The van der Waals surface area contributed by atoms with Crippen molar-refractivity contribution in [3.8, 4) is 0 Å². The van der Waals surface area contributed by atoms with Crippen LogP contribution in [0.3, 0.4) is 0 Å². The van der Waals surface area contributed by atoms with Gasteiger partial charge in [-0.3, -0.25) is 0 Å². The summed E-state index contributed by atoms with van der Waals surface area (Å²) in [5.41, 5.74) is 1.04. The van der Waals surface area contributed by atoms with Gasteiger partial charge in [0, 0.05) is 25.4 Å². The van der Waals surface area contributed by atoms with Crippen LogP contribution in [0.15, 0.2) is 30.3 Å². The molecule has 0 amide bonds. The third kappa shape index (κ3) is 3.21. The number of para-hydroxylation sites is 1. The summed E-state index contributed by atoms with van der Waals surface area (Å²) in [4.78, 5) is 2.25. The number of anilines is 1. The molecule has 2 unspecified atom stereocenters. The molecule has 0 bridgehead atoms. The van der Waals surface area contributed by atoms with Crippen molar-refractivity contribution in [2.45, 2.75) is 31.9 Å². The van der Waals surface area contributed by atoms with Crippen LogP contribution in [-0.4, -0.2) is 35.8 Å². The normalized spacial score (nSPS) is 23.8. The minimum absolute atomic E-state index is 0.371. The molecule has 2 rings (SSSR count). The van der Waals surface area contributed by atoms with Crippen molar-refractivity contribution in [2.24, 2.45) is 0 Å². The summed E-state index contributed by atoms with van der Waals surface area (Å²) in [6.07, 6.45) is 2.45.